The van der Waals surface area contributed by atoms with Crippen LogP contribution in [0.15, 0.2) is 24.3 Å². The zero-order chi connectivity index (χ0) is 12.7. The van der Waals surface area contributed by atoms with Crippen LogP contribution in [-0.2, 0) is 6.54 Å². The van der Waals surface area contributed by atoms with Crippen molar-refractivity contribution >= 4 is 5.69 Å². The molecule has 0 bridgehead atoms. The molecule has 0 aromatic heterocycles. The Bertz CT molecular complexity index is 317. The number of halogens is 2. The predicted octanol–water partition coefficient (Wildman–Crippen LogP) is 1.47. The number of nitrogens with one attached hydrogen (secondary N) is 1. The highest BCUT2D eigenvalue weighted by Crippen LogP contribution is 2.16. The molecule has 0 amide bonds. The van der Waals surface area contributed by atoms with Crippen molar-refractivity contribution in [3.05, 3.63) is 29.8 Å². The molecule has 0 unspecified atom stereocenters. The van der Waals surface area contributed by atoms with Gasteiger partial charge in [0, 0.05) is 18.8 Å². The molecule has 1 rings (SSSR count). The lowest BCUT2D eigenvalue weighted by Gasteiger charge is -2.23. The molecule has 0 radical (unpaired) electrons. The number of hydrogen-bond acceptors (Lipinski definition) is 3. The monoisotopic (exact) mass is 244 g/mol. The molecule has 0 aliphatic rings. The van der Waals surface area contributed by atoms with Crippen LogP contribution in [0.3, 0.4) is 0 Å². The van der Waals surface area contributed by atoms with E-state index in [1.54, 1.807) is 12.1 Å². The van der Waals surface area contributed by atoms with Crippen molar-refractivity contribution in [2.24, 2.45) is 0 Å². The highest BCUT2D eigenvalue weighted by Gasteiger charge is 2.12. The van der Waals surface area contributed by atoms with Gasteiger partial charge in [0.1, 0.15) is 0 Å². The van der Waals surface area contributed by atoms with Crippen LogP contribution < -0.4 is 10.2 Å². The lowest BCUT2D eigenvalue weighted by atomic mass is 10.2. The Hall–Kier alpha value is -1.20. The maximum Gasteiger partial charge on any atom is 0.255 e. The molecule has 96 valence electrons. The predicted molar refractivity (Wildman–Crippen MR) is 64.5 cm³/mol. The van der Waals surface area contributed by atoms with Crippen LogP contribution in [0.2, 0.25) is 0 Å². The number of aliphatic hydroxyl groups excluding tert-OH is 1. The molecule has 0 spiro atoms. The van der Waals surface area contributed by atoms with Crippen LogP contribution in [-0.4, -0.2) is 38.3 Å². The van der Waals surface area contributed by atoms with Crippen molar-refractivity contribution < 1.29 is 13.9 Å². The molecule has 1 aromatic carbocycles. The quantitative estimate of drug-likeness (QED) is 0.762. The lowest BCUT2D eigenvalue weighted by molar-refractivity contribution is 0.153. The first-order chi connectivity index (χ1) is 8.17. The van der Waals surface area contributed by atoms with E-state index < -0.39 is 6.43 Å². The van der Waals surface area contributed by atoms with E-state index >= 15 is 0 Å². The molecule has 0 atom stereocenters. The Morgan fingerprint density at radius 1 is 1.29 bits per heavy atom. The fourth-order valence-electron chi connectivity index (χ4n) is 1.64. The molecule has 1 aromatic rings. The fourth-order valence-corrected chi connectivity index (χ4v) is 1.64. The summed E-state index contributed by atoms with van der Waals surface area (Å²) in [7, 11) is 1.85. The van der Waals surface area contributed by atoms with Crippen molar-refractivity contribution in [2.45, 2.75) is 13.0 Å². The lowest BCUT2D eigenvalue weighted by Crippen LogP contribution is -2.31. The Balaban J connectivity index is 2.72. The first kappa shape index (κ1) is 13.9. The summed E-state index contributed by atoms with van der Waals surface area (Å²) in [6.45, 7) is 0.474. The van der Waals surface area contributed by atoms with E-state index in [0.717, 1.165) is 12.1 Å². The van der Waals surface area contributed by atoms with Gasteiger partial charge >= 0.3 is 0 Å². The Morgan fingerprint density at radius 2 is 1.94 bits per heavy atom. The summed E-state index contributed by atoms with van der Waals surface area (Å²) in [4.78, 5) is 1.48. The SMILES string of the molecule is CNCc1ccc(N(CCO)CC(F)F)cc1. The molecule has 5 heteroatoms. The Kier molecular flexibility index (Phi) is 5.86. The van der Waals surface area contributed by atoms with Crippen LogP contribution in [0.4, 0.5) is 14.5 Å². The van der Waals surface area contributed by atoms with Gasteiger partial charge in [0.05, 0.1) is 13.2 Å². The van der Waals surface area contributed by atoms with Crippen molar-refractivity contribution in [2.75, 3.05) is 31.6 Å². The van der Waals surface area contributed by atoms with Crippen molar-refractivity contribution in [1.29, 1.82) is 0 Å². The first-order valence-electron chi connectivity index (χ1n) is 5.55. The summed E-state index contributed by atoms with van der Waals surface area (Å²) in [5.41, 5.74) is 1.80. The van der Waals surface area contributed by atoms with Crippen molar-refractivity contribution in [3.63, 3.8) is 0 Å². The number of nitrogens with zero attached hydrogens (tertiary/aromatic N) is 1. The number of hydrogen-bond donors (Lipinski definition) is 2. The standard InChI is InChI=1S/C12H18F2N2O/c1-15-8-10-2-4-11(5-3-10)16(6-7-17)9-12(13)14/h2-5,12,15,17H,6-9H2,1H3. The molecule has 2 N–H and O–H groups in total. The van der Waals surface area contributed by atoms with Gasteiger partial charge in [-0.3, -0.25) is 0 Å². The molecule has 0 aliphatic carbocycles. The van der Waals surface area contributed by atoms with Gasteiger partial charge in [-0.25, -0.2) is 8.78 Å². The number of anilines is 1. The largest absolute Gasteiger partial charge is 0.395 e. The van der Waals surface area contributed by atoms with E-state index in [1.165, 1.54) is 4.90 Å². The molecular formula is C12H18F2N2O. The maximum absolute atomic E-state index is 12.4. The normalized spacial score (nSPS) is 10.9. The second kappa shape index (κ2) is 7.19. The Morgan fingerprint density at radius 3 is 2.41 bits per heavy atom. The molecule has 17 heavy (non-hydrogen) atoms. The van der Waals surface area contributed by atoms with Gasteiger partial charge < -0.3 is 15.3 Å². The zero-order valence-corrected chi connectivity index (χ0v) is 9.87. The van der Waals surface area contributed by atoms with E-state index in [9.17, 15) is 8.78 Å². The summed E-state index contributed by atoms with van der Waals surface area (Å²) in [5.74, 6) is 0. The van der Waals surface area contributed by atoms with Crippen LogP contribution in [0.25, 0.3) is 0 Å². The number of aliphatic hydroxyl groups is 1. The third-order valence-corrected chi connectivity index (χ3v) is 2.41. The zero-order valence-electron chi connectivity index (χ0n) is 9.87. The third-order valence-electron chi connectivity index (χ3n) is 2.41. The molecule has 0 fully saturated rings. The summed E-state index contributed by atoms with van der Waals surface area (Å²) < 4.78 is 24.7. The molecule has 0 aliphatic heterocycles. The van der Waals surface area contributed by atoms with Gasteiger partial charge in [0.25, 0.3) is 6.43 Å². The van der Waals surface area contributed by atoms with Crippen molar-refractivity contribution in [3.8, 4) is 0 Å². The van der Waals surface area contributed by atoms with E-state index in [0.29, 0.717) is 5.69 Å². The minimum Gasteiger partial charge on any atom is -0.395 e. The van der Waals surface area contributed by atoms with Crippen LogP contribution in [0.5, 0.6) is 0 Å². The van der Waals surface area contributed by atoms with Gasteiger partial charge in [-0.2, -0.15) is 0 Å². The van der Waals surface area contributed by atoms with Crippen LogP contribution in [0, 0.1) is 0 Å². The van der Waals surface area contributed by atoms with E-state index in [4.69, 9.17) is 5.11 Å². The summed E-state index contributed by atoms with van der Waals surface area (Å²) >= 11 is 0. The number of rotatable bonds is 7. The van der Waals surface area contributed by atoms with Gasteiger partial charge in [-0.1, -0.05) is 12.1 Å². The van der Waals surface area contributed by atoms with Gasteiger partial charge in [0.2, 0.25) is 0 Å². The van der Waals surface area contributed by atoms with E-state index in [1.807, 2.05) is 19.2 Å². The fraction of sp³-hybridized carbons (Fsp3) is 0.500. The van der Waals surface area contributed by atoms with Gasteiger partial charge in [-0.05, 0) is 24.7 Å². The minimum atomic E-state index is -2.40. The first-order valence-corrected chi connectivity index (χ1v) is 5.55. The molecule has 0 saturated carbocycles. The number of alkyl halides is 2. The maximum atomic E-state index is 12.4. The summed E-state index contributed by atoms with van der Waals surface area (Å²) in [6.07, 6.45) is -2.40. The van der Waals surface area contributed by atoms with Crippen LogP contribution in [0.1, 0.15) is 5.56 Å². The smallest absolute Gasteiger partial charge is 0.255 e. The van der Waals surface area contributed by atoms with Gasteiger partial charge in [-0.15, -0.1) is 0 Å². The highest BCUT2D eigenvalue weighted by molar-refractivity contribution is 5.47. The van der Waals surface area contributed by atoms with E-state index in [-0.39, 0.29) is 19.7 Å². The summed E-state index contributed by atoms with van der Waals surface area (Å²) in [5, 5.41) is 11.9. The topological polar surface area (TPSA) is 35.5 Å². The second-order valence-electron chi connectivity index (χ2n) is 3.76. The third kappa shape index (κ3) is 4.66. The van der Waals surface area contributed by atoms with Crippen LogP contribution >= 0.6 is 0 Å². The molecular weight excluding hydrogens is 226 g/mol. The van der Waals surface area contributed by atoms with E-state index in [2.05, 4.69) is 5.32 Å². The van der Waals surface area contributed by atoms with Crippen molar-refractivity contribution in [1.82, 2.24) is 5.32 Å². The molecule has 3 nitrogen and oxygen atoms in total. The van der Waals surface area contributed by atoms with Gasteiger partial charge in [0.15, 0.2) is 0 Å². The second-order valence-corrected chi connectivity index (χ2v) is 3.76. The summed E-state index contributed by atoms with van der Waals surface area (Å²) in [6, 6.07) is 7.37. The minimum absolute atomic E-state index is 0.134. The number of benzene rings is 1. The molecule has 0 heterocycles. The average molecular weight is 244 g/mol. The Labute approximate surface area is 100 Å². The highest BCUT2D eigenvalue weighted by atomic mass is 19.3. The average Bonchev–Trinajstić information content (AvgIpc) is 2.29. The molecule has 0 saturated heterocycles.